The summed E-state index contributed by atoms with van der Waals surface area (Å²) in [6.45, 7) is 5.59. The zero-order valence-electron chi connectivity index (χ0n) is 11.5. The molecule has 0 fully saturated rings. The Morgan fingerprint density at radius 3 is 2.26 bits per heavy atom. The van der Waals surface area contributed by atoms with Crippen molar-refractivity contribution in [1.82, 2.24) is 0 Å². The summed E-state index contributed by atoms with van der Waals surface area (Å²) in [6.07, 6.45) is 0.152. The van der Waals surface area contributed by atoms with Gasteiger partial charge < -0.3 is 4.74 Å². The molecule has 0 heterocycles. The first kappa shape index (κ1) is 13.3. The van der Waals surface area contributed by atoms with Crippen LogP contribution in [0.4, 0.5) is 0 Å². The summed E-state index contributed by atoms with van der Waals surface area (Å²) in [6, 6.07) is 15.6. The minimum absolute atomic E-state index is 0.0800. The molecule has 0 saturated heterocycles. The molecule has 2 rings (SSSR count). The fourth-order valence-electron chi connectivity index (χ4n) is 1.94. The first-order valence-corrected chi connectivity index (χ1v) is 6.44. The van der Waals surface area contributed by atoms with Gasteiger partial charge in [0.15, 0.2) is 5.78 Å². The Labute approximate surface area is 114 Å². The third-order valence-corrected chi connectivity index (χ3v) is 2.81. The van der Waals surface area contributed by atoms with Gasteiger partial charge >= 0.3 is 0 Å². The zero-order valence-corrected chi connectivity index (χ0v) is 11.5. The summed E-state index contributed by atoms with van der Waals surface area (Å²) in [5, 5.41) is 0. The third-order valence-electron chi connectivity index (χ3n) is 2.81. The second-order valence-corrected chi connectivity index (χ2v) is 4.83. The lowest BCUT2D eigenvalue weighted by Crippen LogP contribution is -2.05. The van der Waals surface area contributed by atoms with Gasteiger partial charge in [-0.15, -0.1) is 0 Å². The van der Waals surface area contributed by atoms with E-state index in [9.17, 15) is 4.79 Å². The van der Waals surface area contributed by atoms with E-state index in [1.54, 1.807) is 6.92 Å². The molecule has 0 aliphatic carbocycles. The van der Waals surface area contributed by atoms with E-state index in [4.69, 9.17) is 4.74 Å². The monoisotopic (exact) mass is 254 g/mol. The van der Waals surface area contributed by atoms with Gasteiger partial charge in [0.25, 0.3) is 0 Å². The lowest BCUT2D eigenvalue weighted by Gasteiger charge is -2.11. The van der Waals surface area contributed by atoms with Crippen LogP contribution in [-0.2, 0) is 0 Å². The van der Waals surface area contributed by atoms with Crippen LogP contribution in [0.5, 0.6) is 5.75 Å². The maximum Gasteiger partial charge on any atom is 0.159 e. The van der Waals surface area contributed by atoms with Gasteiger partial charge in [0.05, 0.1) is 6.10 Å². The summed E-state index contributed by atoms with van der Waals surface area (Å²) in [5.74, 6) is 0.928. The Hall–Kier alpha value is -2.09. The fourth-order valence-corrected chi connectivity index (χ4v) is 1.94. The molecular weight excluding hydrogens is 236 g/mol. The average molecular weight is 254 g/mol. The van der Waals surface area contributed by atoms with E-state index in [1.165, 1.54) is 0 Å². The lowest BCUT2D eigenvalue weighted by atomic mass is 10.0. The highest BCUT2D eigenvalue weighted by atomic mass is 16.5. The van der Waals surface area contributed by atoms with Gasteiger partial charge in [0.2, 0.25) is 0 Å². The van der Waals surface area contributed by atoms with Crippen LogP contribution in [0.3, 0.4) is 0 Å². The van der Waals surface area contributed by atoms with Crippen LogP contribution in [0.2, 0.25) is 0 Å². The van der Waals surface area contributed by atoms with Crippen LogP contribution in [-0.4, -0.2) is 11.9 Å². The molecule has 0 atom stereocenters. The maximum absolute atomic E-state index is 11.4. The average Bonchev–Trinajstić information content (AvgIpc) is 2.38. The third kappa shape index (κ3) is 3.44. The minimum Gasteiger partial charge on any atom is -0.491 e. The van der Waals surface area contributed by atoms with E-state index in [0.29, 0.717) is 0 Å². The number of ether oxygens (including phenoxy) is 1. The van der Waals surface area contributed by atoms with Crippen LogP contribution in [0.25, 0.3) is 11.1 Å². The van der Waals surface area contributed by atoms with Crippen LogP contribution < -0.4 is 4.74 Å². The first-order chi connectivity index (χ1) is 9.06. The van der Waals surface area contributed by atoms with E-state index >= 15 is 0 Å². The van der Waals surface area contributed by atoms with E-state index < -0.39 is 0 Å². The molecule has 2 aromatic carbocycles. The fraction of sp³-hybridized carbons (Fsp3) is 0.235. The van der Waals surface area contributed by atoms with Gasteiger partial charge in [-0.25, -0.2) is 0 Å². The number of hydrogen-bond acceptors (Lipinski definition) is 2. The van der Waals surface area contributed by atoms with Crippen molar-refractivity contribution in [3.8, 4) is 16.9 Å². The summed E-state index contributed by atoms with van der Waals surface area (Å²) >= 11 is 0. The molecule has 0 aromatic heterocycles. The lowest BCUT2D eigenvalue weighted by molar-refractivity contribution is 0.101. The summed E-state index contributed by atoms with van der Waals surface area (Å²) in [7, 11) is 0. The molecular formula is C17H18O2. The molecule has 2 heteroatoms. The van der Waals surface area contributed by atoms with Gasteiger partial charge in [0.1, 0.15) is 5.75 Å². The van der Waals surface area contributed by atoms with Crippen molar-refractivity contribution in [3.63, 3.8) is 0 Å². The SMILES string of the molecule is CC(=O)c1cccc(-c2cccc(OC(C)C)c2)c1. The topological polar surface area (TPSA) is 26.3 Å². The van der Waals surface area contributed by atoms with E-state index in [1.807, 2.05) is 62.4 Å². The van der Waals surface area contributed by atoms with Gasteiger partial charge in [0, 0.05) is 5.56 Å². The smallest absolute Gasteiger partial charge is 0.159 e. The molecule has 0 saturated carbocycles. The van der Waals surface area contributed by atoms with Gasteiger partial charge in [-0.2, -0.15) is 0 Å². The first-order valence-electron chi connectivity index (χ1n) is 6.44. The molecule has 98 valence electrons. The Kier molecular flexibility index (Phi) is 4.00. The number of hydrogen-bond donors (Lipinski definition) is 0. The molecule has 0 radical (unpaired) electrons. The minimum atomic E-state index is 0.0800. The number of benzene rings is 2. The second-order valence-electron chi connectivity index (χ2n) is 4.83. The van der Waals surface area contributed by atoms with E-state index in [0.717, 1.165) is 22.4 Å². The molecule has 0 unspecified atom stereocenters. The number of rotatable bonds is 4. The Morgan fingerprint density at radius 2 is 1.63 bits per heavy atom. The Bertz CT molecular complexity index is 585. The molecule has 0 aliphatic heterocycles. The largest absolute Gasteiger partial charge is 0.491 e. The van der Waals surface area contributed by atoms with Crippen LogP contribution in [0.15, 0.2) is 48.5 Å². The van der Waals surface area contributed by atoms with E-state index in [2.05, 4.69) is 0 Å². The highest BCUT2D eigenvalue weighted by Crippen LogP contribution is 2.25. The molecule has 0 N–H and O–H groups in total. The molecule has 0 bridgehead atoms. The zero-order chi connectivity index (χ0) is 13.8. The maximum atomic E-state index is 11.4. The number of carbonyl (C=O) groups is 1. The Morgan fingerprint density at radius 1 is 1.00 bits per heavy atom. The van der Waals surface area contributed by atoms with Crippen molar-refractivity contribution in [1.29, 1.82) is 0 Å². The van der Waals surface area contributed by atoms with Crippen molar-refractivity contribution in [2.75, 3.05) is 0 Å². The quantitative estimate of drug-likeness (QED) is 0.758. The Balaban J connectivity index is 2.36. The van der Waals surface area contributed by atoms with Gasteiger partial charge in [-0.05, 0) is 50.1 Å². The van der Waals surface area contributed by atoms with Crippen LogP contribution >= 0.6 is 0 Å². The summed E-state index contributed by atoms with van der Waals surface area (Å²) in [5.41, 5.74) is 2.82. The summed E-state index contributed by atoms with van der Waals surface area (Å²) in [4.78, 5) is 11.4. The van der Waals surface area contributed by atoms with Crippen molar-refractivity contribution in [2.24, 2.45) is 0 Å². The molecule has 19 heavy (non-hydrogen) atoms. The number of carbonyl (C=O) groups excluding carboxylic acids is 1. The van der Waals surface area contributed by atoms with Crippen molar-refractivity contribution >= 4 is 5.78 Å². The predicted molar refractivity (Wildman–Crippen MR) is 77.6 cm³/mol. The van der Waals surface area contributed by atoms with Crippen LogP contribution in [0.1, 0.15) is 31.1 Å². The van der Waals surface area contributed by atoms with Crippen molar-refractivity contribution in [2.45, 2.75) is 26.9 Å². The van der Waals surface area contributed by atoms with Crippen molar-refractivity contribution < 1.29 is 9.53 Å². The standard InChI is InChI=1S/C17H18O2/c1-12(2)19-17-9-5-8-16(11-17)15-7-4-6-14(10-15)13(3)18/h4-12H,1-3H3. The highest BCUT2D eigenvalue weighted by Gasteiger charge is 2.04. The molecule has 0 spiro atoms. The predicted octanol–water partition coefficient (Wildman–Crippen LogP) is 4.34. The van der Waals surface area contributed by atoms with Crippen molar-refractivity contribution in [3.05, 3.63) is 54.1 Å². The number of Topliss-reactive ketones (excluding diaryl/α,β-unsaturated/α-hetero) is 1. The van der Waals surface area contributed by atoms with E-state index in [-0.39, 0.29) is 11.9 Å². The normalized spacial score (nSPS) is 10.5. The van der Waals surface area contributed by atoms with Crippen LogP contribution in [0, 0.1) is 0 Å². The molecule has 2 aromatic rings. The summed E-state index contributed by atoms with van der Waals surface area (Å²) < 4.78 is 5.69. The number of ketones is 1. The molecule has 0 amide bonds. The highest BCUT2D eigenvalue weighted by molar-refractivity contribution is 5.95. The molecule has 2 nitrogen and oxygen atoms in total. The second kappa shape index (κ2) is 5.70. The van der Waals surface area contributed by atoms with Gasteiger partial charge in [-0.3, -0.25) is 4.79 Å². The van der Waals surface area contributed by atoms with Gasteiger partial charge in [-0.1, -0.05) is 30.3 Å². The molecule has 0 aliphatic rings.